The van der Waals surface area contributed by atoms with E-state index in [2.05, 4.69) is 43.8 Å². The molecule has 3 rings (SSSR count). The minimum atomic E-state index is 0.756. The van der Waals surface area contributed by atoms with Gasteiger partial charge in [-0.25, -0.2) is 0 Å². The van der Waals surface area contributed by atoms with Crippen molar-refractivity contribution in [1.82, 2.24) is 0 Å². The van der Waals surface area contributed by atoms with Gasteiger partial charge in [-0.05, 0) is 105 Å². The predicted molar refractivity (Wildman–Crippen MR) is 133 cm³/mol. The van der Waals surface area contributed by atoms with Gasteiger partial charge in [-0.3, -0.25) is 0 Å². The van der Waals surface area contributed by atoms with Crippen LogP contribution in [-0.4, -0.2) is 0 Å². The van der Waals surface area contributed by atoms with Gasteiger partial charge in [-0.2, -0.15) is 5.26 Å². The van der Waals surface area contributed by atoms with Crippen LogP contribution < -0.4 is 0 Å². The molecule has 31 heavy (non-hydrogen) atoms. The summed E-state index contributed by atoms with van der Waals surface area (Å²) >= 11 is 0. The summed E-state index contributed by atoms with van der Waals surface area (Å²) in [7, 11) is 0. The third-order valence-corrected chi connectivity index (χ3v) is 7.77. The largest absolute Gasteiger partial charge is 0.193 e. The minimum Gasteiger partial charge on any atom is -0.193 e. The Hall–Kier alpha value is -2.07. The van der Waals surface area contributed by atoms with E-state index in [0.29, 0.717) is 0 Å². The Bertz CT molecular complexity index is 760. The van der Waals surface area contributed by atoms with Crippen molar-refractivity contribution in [1.29, 1.82) is 5.26 Å². The Morgan fingerprint density at radius 1 is 0.968 bits per heavy atom. The third-order valence-electron chi connectivity index (χ3n) is 7.77. The van der Waals surface area contributed by atoms with E-state index in [-0.39, 0.29) is 0 Å². The van der Waals surface area contributed by atoms with Gasteiger partial charge >= 0.3 is 0 Å². The molecule has 0 bridgehead atoms. The molecular weight excluding hydrogens is 374 g/mol. The van der Waals surface area contributed by atoms with Crippen molar-refractivity contribution in [3.63, 3.8) is 0 Å². The molecule has 0 spiro atoms. The fourth-order valence-corrected chi connectivity index (χ4v) is 5.80. The summed E-state index contributed by atoms with van der Waals surface area (Å²) in [5, 5.41) is 8.50. The van der Waals surface area contributed by atoms with Gasteiger partial charge < -0.3 is 0 Å². The molecule has 2 aliphatic rings. The van der Waals surface area contributed by atoms with Gasteiger partial charge in [0.05, 0.1) is 6.07 Å². The van der Waals surface area contributed by atoms with E-state index >= 15 is 0 Å². The number of nitriles is 1. The molecule has 1 aromatic carbocycles. The number of aryl methyl sites for hydroxylation is 1. The number of nitrogens with zero attached hydrogens (tertiary/aromatic N) is 1. The molecule has 2 saturated carbocycles. The number of allylic oxidation sites excluding steroid dienone is 5. The van der Waals surface area contributed by atoms with E-state index < -0.39 is 0 Å². The molecule has 0 amide bonds. The van der Waals surface area contributed by atoms with Gasteiger partial charge in [0.15, 0.2) is 0 Å². The lowest BCUT2D eigenvalue weighted by molar-refractivity contribution is 0.260. The van der Waals surface area contributed by atoms with Gasteiger partial charge in [0, 0.05) is 6.08 Å². The maximum absolute atomic E-state index is 8.50. The zero-order valence-corrected chi connectivity index (χ0v) is 19.6. The zero-order valence-electron chi connectivity index (χ0n) is 19.6. The first-order valence-corrected chi connectivity index (χ1v) is 12.7. The van der Waals surface area contributed by atoms with Crippen LogP contribution in [0.4, 0.5) is 0 Å². The van der Waals surface area contributed by atoms with Gasteiger partial charge in [-0.15, -0.1) is 0 Å². The molecule has 0 saturated heterocycles. The van der Waals surface area contributed by atoms with Crippen molar-refractivity contribution in [2.75, 3.05) is 0 Å². The van der Waals surface area contributed by atoms with E-state index in [0.717, 1.165) is 30.1 Å². The number of hydrogen-bond acceptors (Lipinski definition) is 1. The Morgan fingerprint density at radius 3 is 2.23 bits per heavy atom. The maximum Gasteiger partial charge on any atom is 0.0912 e. The van der Waals surface area contributed by atoms with Crippen LogP contribution in [0.25, 0.3) is 0 Å². The molecule has 1 nitrogen and oxygen atoms in total. The van der Waals surface area contributed by atoms with Crippen LogP contribution in [0, 0.1) is 29.1 Å². The van der Waals surface area contributed by atoms with Gasteiger partial charge in [0.1, 0.15) is 0 Å². The highest BCUT2D eigenvalue weighted by atomic mass is 14.3. The number of benzene rings is 1. The number of hydrogen-bond donors (Lipinski definition) is 0. The molecule has 0 N–H and O–H groups in total. The fraction of sp³-hybridized carbons (Fsp3) is 0.567. The number of rotatable bonds is 9. The lowest BCUT2D eigenvalue weighted by Crippen LogP contribution is -2.22. The van der Waals surface area contributed by atoms with Crippen LogP contribution in [0.2, 0.25) is 0 Å². The standard InChI is InChI=1S/C30H41N/c1-3-9-25-13-17-29(18-14-25)30-21-19-28(20-22-30)24(2)27-15-11-26(12-16-27)10-7-5-4-6-8-23-31/h4-6,8,13-14,17-18,26-28,30H,2-3,7,9-12,15-16,19-22H2,1H3. The van der Waals surface area contributed by atoms with E-state index in [4.69, 9.17) is 5.26 Å². The summed E-state index contributed by atoms with van der Waals surface area (Å²) < 4.78 is 0. The van der Waals surface area contributed by atoms with E-state index in [1.807, 2.05) is 18.2 Å². The van der Waals surface area contributed by atoms with Crippen LogP contribution in [0.1, 0.15) is 94.6 Å². The van der Waals surface area contributed by atoms with Gasteiger partial charge in [-0.1, -0.05) is 68.0 Å². The van der Waals surface area contributed by atoms with E-state index in [1.165, 1.54) is 82.3 Å². The van der Waals surface area contributed by atoms with Crippen molar-refractivity contribution < 1.29 is 0 Å². The summed E-state index contributed by atoms with van der Waals surface area (Å²) in [6, 6.07) is 11.5. The topological polar surface area (TPSA) is 23.8 Å². The summed E-state index contributed by atoms with van der Waals surface area (Å²) in [6.45, 7) is 6.87. The molecule has 0 aliphatic heterocycles. The molecule has 2 aliphatic carbocycles. The Labute approximate surface area is 191 Å². The van der Waals surface area contributed by atoms with Crippen LogP contribution in [-0.2, 0) is 6.42 Å². The first-order chi connectivity index (χ1) is 15.2. The average Bonchev–Trinajstić information content (AvgIpc) is 2.82. The van der Waals surface area contributed by atoms with Crippen LogP contribution in [0.15, 0.2) is 60.7 Å². The second-order valence-corrected chi connectivity index (χ2v) is 9.83. The van der Waals surface area contributed by atoms with Crippen LogP contribution >= 0.6 is 0 Å². The molecule has 166 valence electrons. The molecule has 0 unspecified atom stereocenters. The summed E-state index contributed by atoms with van der Waals surface area (Å²) in [6.07, 6.45) is 23.2. The summed E-state index contributed by atoms with van der Waals surface area (Å²) in [5.74, 6) is 3.15. The Balaban J connectivity index is 1.38. The van der Waals surface area contributed by atoms with E-state index in [9.17, 15) is 0 Å². The van der Waals surface area contributed by atoms with Crippen molar-refractivity contribution in [3.8, 4) is 6.07 Å². The Kier molecular flexibility index (Phi) is 9.67. The first kappa shape index (κ1) is 23.6. The van der Waals surface area contributed by atoms with E-state index in [1.54, 1.807) is 11.1 Å². The SMILES string of the molecule is C=C(C1CCC(CCC=CC=CC#N)CC1)C1CCC(c2ccc(CCC)cc2)CC1. The normalized spacial score (nSPS) is 26.8. The highest BCUT2D eigenvalue weighted by Gasteiger charge is 2.29. The summed E-state index contributed by atoms with van der Waals surface area (Å²) in [4.78, 5) is 0. The zero-order chi connectivity index (χ0) is 21.9. The minimum absolute atomic E-state index is 0.756. The highest BCUT2D eigenvalue weighted by Crippen LogP contribution is 2.44. The maximum atomic E-state index is 8.50. The van der Waals surface area contributed by atoms with Gasteiger partial charge in [0.2, 0.25) is 0 Å². The first-order valence-electron chi connectivity index (χ1n) is 12.7. The van der Waals surface area contributed by atoms with Crippen molar-refractivity contribution in [3.05, 3.63) is 71.8 Å². The predicted octanol–water partition coefficient (Wildman–Crippen LogP) is 8.69. The highest BCUT2D eigenvalue weighted by molar-refractivity contribution is 5.26. The molecule has 0 radical (unpaired) electrons. The second-order valence-electron chi connectivity index (χ2n) is 9.83. The Morgan fingerprint density at radius 2 is 1.61 bits per heavy atom. The second kappa shape index (κ2) is 12.7. The lowest BCUT2D eigenvalue weighted by atomic mass is 9.69. The fourth-order valence-electron chi connectivity index (χ4n) is 5.80. The van der Waals surface area contributed by atoms with Gasteiger partial charge in [0.25, 0.3) is 0 Å². The molecule has 1 aromatic rings. The van der Waals surface area contributed by atoms with Crippen molar-refractivity contribution in [2.24, 2.45) is 17.8 Å². The molecule has 0 atom stereocenters. The van der Waals surface area contributed by atoms with Crippen LogP contribution in [0.3, 0.4) is 0 Å². The molecule has 0 aromatic heterocycles. The molecule has 1 heteroatoms. The quantitative estimate of drug-likeness (QED) is 0.225. The molecule has 0 heterocycles. The molecule has 2 fully saturated rings. The monoisotopic (exact) mass is 415 g/mol. The third kappa shape index (κ3) is 7.24. The smallest absolute Gasteiger partial charge is 0.0912 e. The van der Waals surface area contributed by atoms with Crippen molar-refractivity contribution in [2.45, 2.75) is 89.9 Å². The van der Waals surface area contributed by atoms with Crippen molar-refractivity contribution >= 4 is 0 Å². The summed E-state index contributed by atoms with van der Waals surface area (Å²) in [5.41, 5.74) is 4.62. The average molecular weight is 416 g/mol. The molecular formula is C30H41N. The lowest BCUT2D eigenvalue weighted by Gasteiger charge is -2.36. The van der Waals surface area contributed by atoms with Crippen LogP contribution in [0.5, 0.6) is 0 Å².